The molecule has 0 atom stereocenters. The van der Waals surface area contributed by atoms with Crippen LogP contribution in [-0.4, -0.2) is 171 Å². The molecule has 5 heterocycles. The molecule has 23 heteroatoms. The van der Waals surface area contributed by atoms with E-state index >= 15 is 0 Å². The van der Waals surface area contributed by atoms with Crippen LogP contribution in [0.4, 0.5) is 11.4 Å². The summed E-state index contributed by atoms with van der Waals surface area (Å²) in [4.78, 5) is 60.4. The lowest BCUT2D eigenvalue weighted by Crippen LogP contribution is -2.64. The summed E-state index contributed by atoms with van der Waals surface area (Å²) in [5.74, 6) is -0.619. The molecule has 1 aliphatic carbocycles. The molecule has 10 rings (SSSR count). The monoisotopic (exact) mass is 1180 g/mol. The van der Waals surface area contributed by atoms with E-state index < -0.39 is 41.4 Å². The van der Waals surface area contributed by atoms with Crippen molar-refractivity contribution in [2.24, 2.45) is 0 Å². The maximum absolute atomic E-state index is 14.0. The highest BCUT2D eigenvalue weighted by atomic mass is 32.2. The predicted octanol–water partition coefficient (Wildman–Crippen LogP) is 6.54. The third kappa shape index (κ3) is 12.5. The largest absolute Gasteiger partial charge is 0.494 e. The summed E-state index contributed by atoms with van der Waals surface area (Å²) < 4.78 is 67.3. The van der Waals surface area contributed by atoms with Crippen LogP contribution in [-0.2, 0) is 40.9 Å². The van der Waals surface area contributed by atoms with Crippen molar-refractivity contribution < 1.29 is 55.9 Å². The van der Waals surface area contributed by atoms with Crippen molar-refractivity contribution in [1.82, 2.24) is 29.4 Å². The third-order valence-corrected chi connectivity index (χ3v) is 22.9. The van der Waals surface area contributed by atoms with Crippen molar-refractivity contribution in [1.29, 1.82) is 0 Å². The number of benzene rings is 4. The van der Waals surface area contributed by atoms with Gasteiger partial charge in [0, 0.05) is 107 Å². The zero-order chi connectivity index (χ0) is 58.1. The number of hydrogen-bond donors (Lipinski definition) is 4. The highest BCUT2D eigenvalue weighted by Gasteiger charge is 2.57. The number of likely N-dealkylation sites (tertiary alicyclic amines) is 2. The van der Waals surface area contributed by atoms with Gasteiger partial charge in [0.15, 0.2) is 9.49 Å². The van der Waals surface area contributed by atoms with Gasteiger partial charge >= 0.3 is 0 Å². The van der Waals surface area contributed by atoms with E-state index in [2.05, 4.69) is 23.6 Å². The van der Waals surface area contributed by atoms with Crippen molar-refractivity contribution in [2.45, 2.75) is 81.1 Å². The molecule has 4 N–H and O–H groups in total. The second-order valence-electron chi connectivity index (χ2n) is 21.3. The summed E-state index contributed by atoms with van der Waals surface area (Å²) in [6.07, 6.45) is 6.15. The Kier molecular flexibility index (Phi) is 19.3. The molecule has 0 bridgehead atoms. The summed E-state index contributed by atoms with van der Waals surface area (Å²) in [7, 11) is -8.27. The molecule has 4 amide bonds. The molecule has 82 heavy (non-hydrogen) atoms. The average molecular weight is 1180 g/mol. The number of anilines is 2. The predicted molar refractivity (Wildman–Crippen MR) is 315 cm³/mol. The first-order valence-corrected chi connectivity index (χ1v) is 32.0. The van der Waals surface area contributed by atoms with Gasteiger partial charge < -0.3 is 29.1 Å². The zero-order valence-electron chi connectivity index (χ0n) is 46.5. The van der Waals surface area contributed by atoms with Crippen LogP contribution < -0.4 is 30.2 Å². The molecule has 440 valence electrons. The Morgan fingerprint density at radius 2 is 1.00 bits per heavy atom. The van der Waals surface area contributed by atoms with Crippen molar-refractivity contribution in [2.75, 3.05) is 102 Å². The van der Waals surface area contributed by atoms with Crippen LogP contribution in [0.1, 0.15) is 86.0 Å². The Morgan fingerprint density at radius 3 is 1.44 bits per heavy atom. The van der Waals surface area contributed by atoms with Gasteiger partial charge in [-0.05, 0) is 122 Å². The van der Waals surface area contributed by atoms with E-state index in [1.54, 1.807) is 20.8 Å². The Bertz CT molecular complexity index is 3270. The second-order valence-corrected chi connectivity index (χ2v) is 26.9. The molecule has 5 aromatic rings. The lowest BCUT2D eigenvalue weighted by atomic mass is 9.94. The lowest BCUT2D eigenvalue weighted by molar-refractivity contribution is -0.136. The van der Waals surface area contributed by atoms with Gasteiger partial charge in [-0.25, -0.2) is 27.8 Å². The molecule has 20 nitrogen and oxygen atoms in total. The van der Waals surface area contributed by atoms with E-state index in [9.17, 15) is 46.4 Å². The topological polar surface area (TPSA) is 239 Å². The average Bonchev–Trinajstić information content (AvgIpc) is 4.10. The Labute approximate surface area is 484 Å². The number of nitrogens with zero attached hydrogens (tertiary/aromatic N) is 6. The van der Waals surface area contributed by atoms with E-state index in [1.807, 2.05) is 109 Å². The first kappa shape index (κ1) is 60.0. The molecule has 0 unspecified atom stereocenters. The summed E-state index contributed by atoms with van der Waals surface area (Å²) in [6.45, 7) is 8.66. The van der Waals surface area contributed by atoms with E-state index in [4.69, 9.17) is 9.47 Å². The van der Waals surface area contributed by atoms with Crippen molar-refractivity contribution in [3.8, 4) is 11.5 Å². The third-order valence-electron chi connectivity index (χ3n) is 16.5. The first-order valence-electron chi connectivity index (χ1n) is 28.3. The Hall–Kier alpha value is -6.60. The van der Waals surface area contributed by atoms with Crippen LogP contribution >= 0.6 is 11.3 Å². The van der Waals surface area contributed by atoms with Crippen LogP contribution in [0.5, 0.6) is 11.5 Å². The summed E-state index contributed by atoms with van der Waals surface area (Å²) in [5, 5.41) is 20.1. The fourth-order valence-corrected chi connectivity index (χ4v) is 16.7. The maximum Gasteiger partial charge on any atom is 0.266 e. The Balaban J connectivity index is 0.000000198. The van der Waals surface area contributed by atoms with Gasteiger partial charge in [-0.2, -0.15) is 8.61 Å². The summed E-state index contributed by atoms with van der Waals surface area (Å²) in [5.41, 5.74) is 7.91. The zero-order valence-corrected chi connectivity index (χ0v) is 49.0. The van der Waals surface area contributed by atoms with Crippen molar-refractivity contribution >= 4 is 82.5 Å². The highest BCUT2D eigenvalue weighted by molar-refractivity contribution is 7.91. The molecule has 4 aromatic carbocycles. The maximum atomic E-state index is 14.0. The normalized spacial score (nSPS) is 18.4. The lowest BCUT2D eigenvalue weighted by Gasteiger charge is -2.44. The van der Waals surface area contributed by atoms with Gasteiger partial charge in [-0.3, -0.25) is 29.6 Å². The standard InChI is InChI=1S/C30H38N4O6S.C29H36N4O6S2/c1-2-3-20-40-27-10-8-26(9-11-27)32-16-18-34(19-17-32)41(38,39)30(29(36)31-37)12-14-33(15-13-30)28(35)25-21-23-6-4-5-7-24(23)22-25;1-2-3-20-39-24-10-8-23(9-11-24)31-16-18-33(19-17-31)41(37,38)29(28(35)30-36)12-14-32(15-13-29)27(34)26-21-22-6-4-5-7-25(22)40-26/h4-11,21,37H,2-3,12-20,22H2,1H3,(H,31,36);4-11,21,36H,2-3,12-20H2,1H3,(H,30,35). The Morgan fingerprint density at radius 1 is 0.561 bits per heavy atom. The summed E-state index contributed by atoms with van der Waals surface area (Å²) in [6, 6.07) is 32.9. The van der Waals surface area contributed by atoms with E-state index in [-0.39, 0.29) is 89.9 Å². The molecular formula is C59H74N8O12S3. The number of carbonyl (C=O) groups excluding carboxylic acids is 4. The van der Waals surface area contributed by atoms with Crippen LogP contribution in [0, 0.1) is 0 Å². The molecule has 4 aliphatic heterocycles. The number of carbonyl (C=O) groups is 4. The second kappa shape index (κ2) is 26.3. The minimum absolute atomic E-state index is 0.0897. The van der Waals surface area contributed by atoms with Crippen LogP contribution in [0.15, 0.2) is 109 Å². The molecule has 4 fully saturated rings. The van der Waals surface area contributed by atoms with Crippen LogP contribution in [0.3, 0.4) is 0 Å². The number of sulfonamides is 2. The van der Waals surface area contributed by atoms with Gasteiger partial charge in [-0.1, -0.05) is 69.2 Å². The van der Waals surface area contributed by atoms with Crippen LogP contribution in [0.2, 0.25) is 0 Å². The summed E-state index contributed by atoms with van der Waals surface area (Å²) >= 11 is 1.39. The van der Waals surface area contributed by atoms with E-state index in [0.29, 0.717) is 56.3 Å². The number of hydrogen-bond acceptors (Lipinski definition) is 15. The van der Waals surface area contributed by atoms with Crippen molar-refractivity contribution in [3.63, 3.8) is 0 Å². The molecule has 1 aromatic heterocycles. The van der Waals surface area contributed by atoms with E-state index in [0.717, 1.165) is 69.8 Å². The molecule has 4 saturated heterocycles. The van der Waals surface area contributed by atoms with Gasteiger partial charge in [0.25, 0.3) is 17.7 Å². The fourth-order valence-electron chi connectivity index (χ4n) is 11.5. The van der Waals surface area contributed by atoms with E-state index in [1.165, 1.54) is 19.9 Å². The number of hydroxylamine groups is 2. The fraction of sp³-hybridized carbons (Fsp3) is 0.458. The number of fused-ring (bicyclic) bond motifs is 2. The number of amides is 4. The van der Waals surface area contributed by atoms with Gasteiger partial charge in [-0.15, -0.1) is 11.3 Å². The molecule has 0 radical (unpaired) electrons. The number of thiophene rings is 1. The molecule has 0 spiro atoms. The molecule has 0 saturated carbocycles. The smallest absolute Gasteiger partial charge is 0.266 e. The van der Waals surface area contributed by atoms with Gasteiger partial charge in [0.1, 0.15) is 11.5 Å². The molecule has 5 aliphatic rings. The number of rotatable bonds is 18. The highest BCUT2D eigenvalue weighted by Crippen LogP contribution is 2.39. The SMILES string of the molecule is CCCCOc1ccc(N2CCN(S(=O)(=O)C3(C(=O)NO)CCN(C(=O)C4=Cc5ccccc5C4)CC3)CC2)cc1.CCCCOc1ccc(N2CCN(S(=O)(=O)C3(C(=O)NO)CCN(C(=O)c4cc5ccccc5s4)CC3)CC2)cc1. The number of nitrogens with one attached hydrogen (secondary N) is 2. The number of piperidine rings is 2. The van der Waals surface area contributed by atoms with Gasteiger partial charge in [0.2, 0.25) is 26.0 Å². The van der Waals surface area contributed by atoms with Gasteiger partial charge in [0.05, 0.1) is 18.1 Å². The quantitative estimate of drug-likeness (QED) is 0.0414. The minimum atomic E-state index is -4.14. The van der Waals surface area contributed by atoms with Crippen LogP contribution in [0.25, 0.3) is 16.2 Å². The minimum Gasteiger partial charge on any atom is -0.494 e. The number of piperazine rings is 2. The first-order chi connectivity index (χ1) is 39.6. The number of unbranched alkanes of at least 4 members (excludes halogenated alkanes) is 2. The molecular weight excluding hydrogens is 1110 g/mol. The van der Waals surface area contributed by atoms with Crippen molar-refractivity contribution in [3.05, 3.63) is 125 Å². The number of ether oxygens (including phenoxy) is 2.